The highest BCUT2D eigenvalue weighted by molar-refractivity contribution is 7.99. The van der Waals surface area contributed by atoms with Crippen LogP contribution in [0, 0.1) is 0 Å². The minimum absolute atomic E-state index is 0.156. The second kappa shape index (κ2) is 7.04. The first kappa shape index (κ1) is 14.5. The fourth-order valence-electron chi connectivity index (χ4n) is 1.56. The number of aromatic nitrogens is 6. The molecular formula is C11H18N8S. The van der Waals surface area contributed by atoms with Crippen LogP contribution in [0.1, 0.15) is 20.3 Å². The number of nitrogen functional groups attached to an aromatic ring is 1. The van der Waals surface area contributed by atoms with E-state index in [1.54, 1.807) is 0 Å². The van der Waals surface area contributed by atoms with E-state index in [0.29, 0.717) is 11.9 Å². The second-order valence-electron chi connectivity index (χ2n) is 4.19. The van der Waals surface area contributed by atoms with Gasteiger partial charge in [-0.25, -0.2) is 4.98 Å². The van der Waals surface area contributed by atoms with Crippen LogP contribution in [0.2, 0.25) is 0 Å². The Morgan fingerprint density at radius 3 is 2.95 bits per heavy atom. The van der Waals surface area contributed by atoms with Gasteiger partial charge in [-0.2, -0.15) is 36.5 Å². The molecule has 0 saturated heterocycles. The van der Waals surface area contributed by atoms with Crippen LogP contribution in [0.15, 0.2) is 12.7 Å². The summed E-state index contributed by atoms with van der Waals surface area (Å²) in [5.41, 5.74) is 5.70. The van der Waals surface area contributed by atoms with Gasteiger partial charge < -0.3 is 11.1 Å². The number of nitrogens with two attached hydrogens (primary N) is 1. The maximum atomic E-state index is 5.70. The van der Waals surface area contributed by atoms with Crippen LogP contribution in [0.3, 0.4) is 0 Å². The summed E-state index contributed by atoms with van der Waals surface area (Å²) in [4.78, 5) is 16.3. The van der Waals surface area contributed by atoms with Gasteiger partial charge in [0.15, 0.2) is 0 Å². The van der Waals surface area contributed by atoms with E-state index < -0.39 is 0 Å². The van der Waals surface area contributed by atoms with Crippen LogP contribution in [-0.4, -0.2) is 47.3 Å². The molecule has 2 aromatic heterocycles. The molecule has 0 amide bonds. The molecule has 2 heterocycles. The fourth-order valence-corrected chi connectivity index (χ4v) is 2.37. The molecule has 0 aliphatic rings. The molecule has 20 heavy (non-hydrogen) atoms. The Bertz CT molecular complexity index is 529. The summed E-state index contributed by atoms with van der Waals surface area (Å²) in [6.07, 6.45) is 3.96. The summed E-state index contributed by atoms with van der Waals surface area (Å²) in [6, 6.07) is 0.263. The van der Waals surface area contributed by atoms with Gasteiger partial charge in [0.25, 0.3) is 5.95 Å². The SMILES string of the molecule is CCSCCC(C)Nc1nc(N)nc(-n2cncn2)n1. The molecule has 108 valence electrons. The quantitative estimate of drug-likeness (QED) is 0.728. The Balaban J connectivity index is 2.05. The summed E-state index contributed by atoms with van der Waals surface area (Å²) < 4.78 is 1.45. The Kier molecular flexibility index (Phi) is 5.10. The van der Waals surface area contributed by atoms with Gasteiger partial charge in [0.2, 0.25) is 11.9 Å². The lowest BCUT2D eigenvalue weighted by Crippen LogP contribution is -2.19. The molecule has 0 aromatic carbocycles. The molecule has 0 saturated carbocycles. The molecule has 0 aliphatic heterocycles. The van der Waals surface area contributed by atoms with Crippen LogP contribution >= 0.6 is 11.8 Å². The van der Waals surface area contributed by atoms with Crippen molar-refractivity contribution >= 4 is 23.7 Å². The highest BCUT2D eigenvalue weighted by Crippen LogP contribution is 2.10. The average molecular weight is 294 g/mol. The summed E-state index contributed by atoms with van der Waals surface area (Å²) >= 11 is 1.91. The Morgan fingerprint density at radius 2 is 2.25 bits per heavy atom. The van der Waals surface area contributed by atoms with Gasteiger partial charge in [0, 0.05) is 6.04 Å². The zero-order valence-corrected chi connectivity index (χ0v) is 12.3. The third-order valence-corrected chi connectivity index (χ3v) is 3.47. The number of thioether (sulfide) groups is 1. The van der Waals surface area contributed by atoms with Crippen molar-refractivity contribution in [3.63, 3.8) is 0 Å². The van der Waals surface area contributed by atoms with Gasteiger partial charge in [-0.3, -0.25) is 0 Å². The molecule has 0 bridgehead atoms. The lowest BCUT2D eigenvalue weighted by Gasteiger charge is -2.13. The lowest BCUT2D eigenvalue weighted by molar-refractivity contribution is 0.746. The van der Waals surface area contributed by atoms with Crippen molar-refractivity contribution in [2.24, 2.45) is 0 Å². The van der Waals surface area contributed by atoms with E-state index >= 15 is 0 Å². The van der Waals surface area contributed by atoms with E-state index in [4.69, 9.17) is 5.73 Å². The smallest absolute Gasteiger partial charge is 0.258 e. The third-order valence-electron chi connectivity index (χ3n) is 2.54. The maximum absolute atomic E-state index is 5.70. The van der Waals surface area contributed by atoms with E-state index in [1.807, 2.05) is 11.8 Å². The van der Waals surface area contributed by atoms with Crippen LogP contribution in [0.25, 0.3) is 5.95 Å². The van der Waals surface area contributed by atoms with Gasteiger partial charge in [0.1, 0.15) is 12.7 Å². The largest absolute Gasteiger partial charge is 0.368 e. The van der Waals surface area contributed by atoms with Crippen LogP contribution < -0.4 is 11.1 Å². The number of hydrogen-bond donors (Lipinski definition) is 2. The normalized spacial score (nSPS) is 12.3. The fraction of sp³-hybridized carbons (Fsp3) is 0.545. The molecule has 3 N–H and O–H groups in total. The van der Waals surface area contributed by atoms with Crippen LogP contribution in [0.4, 0.5) is 11.9 Å². The highest BCUT2D eigenvalue weighted by atomic mass is 32.2. The zero-order chi connectivity index (χ0) is 14.4. The van der Waals surface area contributed by atoms with E-state index in [1.165, 1.54) is 17.3 Å². The van der Waals surface area contributed by atoms with Crippen molar-refractivity contribution in [1.29, 1.82) is 0 Å². The van der Waals surface area contributed by atoms with Gasteiger partial charge in [-0.15, -0.1) is 0 Å². The van der Waals surface area contributed by atoms with E-state index in [0.717, 1.165) is 17.9 Å². The molecule has 1 unspecified atom stereocenters. The van der Waals surface area contributed by atoms with Crippen molar-refractivity contribution in [3.8, 4) is 5.95 Å². The minimum Gasteiger partial charge on any atom is -0.368 e. The Hall–Kier alpha value is -1.90. The predicted molar refractivity (Wildman–Crippen MR) is 79.9 cm³/mol. The van der Waals surface area contributed by atoms with Crippen molar-refractivity contribution in [1.82, 2.24) is 29.7 Å². The predicted octanol–water partition coefficient (Wildman–Crippen LogP) is 0.978. The molecular weight excluding hydrogens is 276 g/mol. The topological polar surface area (TPSA) is 107 Å². The molecule has 0 aliphatic carbocycles. The Morgan fingerprint density at radius 1 is 1.40 bits per heavy atom. The van der Waals surface area contributed by atoms with Gasteiger partial charge in [0.05, 0.1) is 0 Å². The second-order valence-corrected chi connectivity index (χ2v) is 5.58. The maximum Gasteiger partial charge on any atom is 0.258 e. The first-order valence-corrected chi connectivity index (χ1v) is 7.55. The van der Waals surface area contributed by atoms with Crippen molar-refractivity contribution in [3.05, 3.63) is 12.7 Å². The molecule has 0 radical (unpaired) electrons. The summed E-state index contributed by atoms with van der Waals surface area (Å²) in [5, 5.41) is 7.20. The van der Waals surface area contributed by atoms with Crippen molar-refractivity contribution in [2.75, 3.05) is 22.6 Å². The Labute approximate surface area is 121 Å². The molecule has 2 aromatic rings. The number of nitrogens with one attached hydrogen (secondary N) is 1. The highest BCUT2D eigenvalue weighted by Gasteiger charge is 2.09. The minimum atomic E-state index is 0.156. The summed E-state index contributed by atoms with van der Waals surface area (Å²) in [7, 11) is 0. The van der Waals surface area contributed by atoms with Gasteiger partial charge in [-0.1, -0.05) is 6.92 Å². The summed E-state index contributed by atoms with van der Waals surface area (Å²) in [6.45, 7) is 4.24. The molecule has 2 rings (SSSR count). The number of rotatable bonds is 7. The first-order chi connectivity index (χ1) is 9.69. The third kappa shape index (κ3) is 4.05. The van der Waals surface area contributed by atoms with Crippen molar-refractivity contribution in [2.45, 2.75) is 26.3 Å². The van der Waals surface area contributed by atoms with E-state index in [-0.39, 0.29) is 12.0 Å². The summed E-state index contributed by atoms with van der Waals surface area (Å²) in [5.74, 6) is 3.19. The van der Waals surface area contributed by atoms with Crippen LogP contribution in [0.5, 0.6) is 0 Å². The molecule has 0 spiro atoms. The van der Waals surface area contributed by atoms with Gasteiger partial charge >= 0.3 is 0 Å². The molecule has 0 fully saturated rings. The van der Waals surface area contributed by atoms with Crippen molar-refractivity contribution < 1.29 is 0 Å². The molecule has 9 heteroatoms. The monoisotopic (exact) mass is 294 g/mol. The van der Waals surface area contributed by atoms with E-state index in [2.05, 4.69) is 44.2 Å². The standard InChI is InChI=1S/C11H18N8S/c1-3-20-5-4-8(2)15-10-16-9(12)17-11(18-10)19-7-13-6-14-19/h6-8H,3-5H2,1-2H3,(H3,12,15,16,17,18). The average Bonchev–Trinajstić information content (AvgIpc) is 2.92. The van der Waals surface area contributed by atoms with E-state index in [9.17, 15) is 0 Å². The zero-order valence-electron chi connectivity index (χ0n) is 11.5. The van der Waals surface area contributed by atoms with Gasteiger partial charge in [-0.05, 0) is 24.9 Å². The lowest BCUT2D eigenvalue weighted by atomic mass is 10.3. The number of anilines is 2. The number of hydrogen-bond acceptors (Lipinski definition) is 8. The first-order valence-electron chi connectivity index (χ1n) is 6.40. The number of nitrogens with zero attached hydrogens (tertiary/aromatic N) is 6. The molecule has 1 atom stereocenters. The molecule has 8 nitrogen and oxygen atoms in total. The van der Waals surface area contributed by atoms with Crippen LogP contribution in [-0.2, 0) is 0 Å².